The van der Waals surface area contributed by atoms with Gasteiger partial charge in [-0.1, -0.05) is 18.2 Å². The summed E-state index contributed by atoms with van der Waals surface area (Å²) in [5, 5.41) is 0. The third-order valence-electron chi connectivity index (χ3n) is 3.18. The van der Waals surface area contributed by atoms with Crippen LogP contribution in [0.2, 0.25) is 0 Å². The van der Waals surface area contributed by atoms with Crippen molar-refractivity contribution in [1.29, 1.82) is 0 Å². The van der Waals surface area contributed by atoms with Crippen molar-refractivity contribution in [2.75, 3.05) is 0 Å². The third kappa shape index (κ3) is 3.45. The summed E-state index contributed by atoms with van der Waals surface area (Å²) in [6, 6.07) is 10.8. The minimum Gasteiger partial charge on any atom is -0.267 e. The van der Waals surface area contributed by atoms with E-state index in [9.17, 15) is 14.0 Å². The van der Waals surface area contributed by atoms with Gasteiger partial charge in [0.05, 0.1) is 5.56 Å². The van der Waals surface area contributed by atoms with Gasteiger partial charge in [0.15, 0.2) is 0 Å². The number of hydrogen-bond acceptors (Lipinski definition) is 2. The predicted octanol–water partition coefficient (Wildman–Crippen LogP) is 2.52. The fraction of sp³-hybridized carbons (Fsp3) is 0.125. The Morgan fingerprint density at radius 1 is 0.905 bits per heavy atom. The average molecular weight is 286 g/mol. The second kappa shape index (κ2) is 6.17. The Morgan fingerprint density at radius 2 is 1.57 bits per heavy atom. The molecule has 0 radical (unpaired) electrons. The fourth-order valence-corrected chi connectivity index (χ4v) is 1.78. The van der Waals surface area contributed by atoms with E-state index in [-0.39, 0.29) is 5.56 Å². The zero-order valence-electron chi connectivity index (χ0n) is 11.7. The molecule has 2 N–H and O–H groups in total. The van der Waals surface area contributed by atoms with Gasteiger partial charge in [0, 0.05) is 5.56 Å². The highest BCUT2D eigenvalue weighted by molar-refractivity contribution is 5.99. The molecule has 0 bridgehead atoms. The number of rotatable bonds is 2. The Kier molecular flexibility index (Phi) is 4.33. The Balaban J connectivity index is 2.02. The molecule has 2 aromatic carbocycles. The Hall–Kier alpha value is -2.69. The van der Waals surface area contributed by atoms with Crippen LogP contribution in [0.4, 0.5) is 4.39 Å². The van der Waals surface area contributed by atoms with Crippen molar-refractivity contribution in [3.8, 4) is 0 Å². The normalized spacial score (nSPS) is 10.0. The lowest BCUT2D eigenvalue weighted by atomic mass is 10.1. The van der Waals surface area contributed by atoms with Gasteiger partial charge < -0.3 is 0 Å². The quantitative estimate of drug-likeness (QED) is 0.833. The first-order valence-corrected chi connectivity index (χ1v) is 6.41. The van der Waals surface area contributed by atoms with Crippen molar-refractivity contribution >= 4 is 11.8 Å². The molecule has 21 heavy (non-hydrogen) atoms. The molecule has 0 aliphatic heterocycles. The van der Waals surface area contributed by atoms with E-state index in [4.69, 9.17) is 0 Å². The molecule has 5 heteroatoms. The molecule has 0 aliphatic carbocycles. The van der Waals surface area contributed by atoms with Crippen molar-refractivity contribution in [2.45, 2.75) is 13.8 Å². The standard InChI is InChI=1S/C16H15FN2O2/c1-10-7-8-12(9-11(10)2)15(20)18-19-16(21)13-5-3-4-6-14(13)17/h3-9H,1-2H3,(H,18,20)(H,19,21). The zero-order valence-corrected chi connectivity index (χ0v) is 11.7. The first kappa shape index (κ1) is 14.7. The van der Waals surface area contributed by atoms with Crippen molar-refractivity contribution in [1.82, 2.24) is 10.9 Å². The molecule has 0 fully saturated rings. The first-order chi connectivity index (χ1) is 9.99. The molecular formula is C16H15FN2O2. The van der Waals surface area contributed by atoms with Gasteiger partial charge in [-0.2, -0.15) is 0 Å². The van der Waals surface area contributed by atoms with Crippen molar-refractivity contribution in [3.63, 3.8) is 0 Å². The maximum Gasteiger partial charge on any atom is 0.272 e. The lowest BCUT2D eigenvalue weighted by molar-refractivity contribution is 0.0844. The van der Waals surface area contributed by atoms with E-state index in [2.05, 4.69) is 10.9 Å². The molecule has 0 saturated heterocycles. The van der Waals surface area contributed by atoms with Crippen molar-refractivity contribution in [3.05, 3.63) is 70.5 Å². The molecule has 0 heterocycles. The fourth-order valence-electron chi connectivity index (χ4n) is 1.78. The monoisotopic (exact) mass is 286 g/mol. The van der Waals surface area contributed by atoms with E-state index in [1.165, 1.54) is 18.2 Å². The van der Waals surface area contributed by atoms with Crippen LogP contribution in [-0.2, 0) is 0 Å². The molecule has 108 valence electrons. The number of hydrogen-bond donors (Lipinski definition) is 2. The molecule has 0 spiro atoms. The maximum absolute atomic E-state index is 13.4. The van der Waals surface area contributed by atoms with Crippen LogP contribution in [0.1, 0.15) is 31.8 Å². The number of hydrazine groups is 1. The van der Waals surface area contributed by atoms with Crippen LogP contribution < -0.4 is 10.9 Å². The summed E-state index contributed by atoms with van der Waals surface area (Å²) < 4.78 is 13.4. The SMILES string of the molecule is Cc1ccc(C(=O)NNC(=O)c2ccccc2F)cc1C. The first-order valence-electron chi connectivity index (χ1n) is 6.41. The Morgan fingerprint density at radius 3 is 2.24 bits per heavy atom. The lowest BCUT2D eigenvalue weighted by Crippen LogP contribution is -2.42. The van der Waals surface area contributed by atoms with Crippen molar-refractivity contribution in [2.24, 2.45) is 0 Å². The molecule has 0 saturated carbocycles. The van der Waals surface area contributed by atoms with Crippen LogP contribution in [0.15, 0.2) is 42.5 Å². The largest absolute Gasteiger partial charge is 0.272 e. The molecular weight excluding hydrogens is 271 g/mol. The molecule has 2 aromatic rings. The molecule has 2 rings (SSSR count). The summed E-state index contributed by atoms with van der Waals surface area (Å²) >= 11 is 0. The summed E-state index contributed by atoms with van der Waals surface area (Å²) in [7, 11) is 0. The molecule has 4 nitrogen and oxygen atoms in total. The van der Waals surface area contributed by atoms with Crippen LogP contribution in [0, 0.1) is 19.7 Å². The van der Waals surface area contributed by atoms with Crippen LogP contribution in [0.5, 0.6) is 0 Å². The molecule has 0 unspecified atom stereocenters. The van der Waals surface area contributed by atoms with Gasteiger partial charge >= 0.3 is 0 Å². The minimum atomic E-state index is -0.703. The maximum atomic E-state index is 13.4. The summed E-state index contributed by atoms with van der Waals surface area (Å²) in [4.78, 5) is 23.7. The number of carbonyl (C=O) groups is 2. The Bertz CT molecular complexity index is 698. The van der Waals surface area contributed by atoms with E-state index >= 15 is 0 Å². The molecule has 0 aliphatic rings. The number of benzene rings is 2. The van der Waals surface area contributed by atoms with Crippen LogP contribution >= 0.6 is 0 Å². The molecule has 0 aromatic heterocycles. The van der Waals surface area contributed by atoms with E-state index in [1.54, 1.807) is 18.2 Å². The van der Waals surface area contributed by atoms with Gasteiger partial charge in [-0.3, -0.25) is 20.4 Å². The van der Waals surface area contributed by atoms with E-state index in [0.29, 0.717) is 5.56 Å². The third-order valence-corrected chi connectivity index (χ3v) is 3.18. The van der Waals surface area contributed by atoms with Crippen molar-refractivity contribution < 1.29 is 14.0 Å². The predicted molar refractivity (Wildman–Crippen MR) is 77.2 cm³/mol. The smallest absolute Gasteiger partial charge is 0.267 e. The van der Waals surface area contributed by atoms with Crippen LogP contribution in [0.25, 0.3) is 0 Å². The number of nitrogens with one attached hydrogen (secondary N) is 2. The minimum absolute atomic E-state index is 0.127. The van der Waals surface area contributed by atoms with Crippen LogP contribution in [0.3, 0.4) is 0 Å². The van der Waals surface area contributed by atoms with Crippen LogP contribution in [-0.4, -0.2) is 11.8 Å². The highest BCUT2D eigenvalue weighted by Gasteiger charge is 2.12. The highest BCUT2D eigenvalue weighted by Crippen LogP contribution is 2.09. The Labute approximate surface area is 122 Å². The summed E-state index contributed by atoms with van der Waals surface area (Å²) in [5.41, 5.74) is 6.80. The molecule has 2 amide bonds. The number of aryl methyl sites for hydroxylation is 2. The topological polar surface area (TPSA) is 58.2 Å². The second-order valence-electron chi connectivity index (χ2n) is 4.69. The van der Waals surface area contributed by atoms with E-state index in [1.807, 2.05) is 19.9 Å². The second-order valence-corrected chi connectivity index (χ2v) is 4.69. The highest BCUT2D eigenvalue weighted by atomic mass is 19.1. The zero-order chi connectivity index (χ0) is 15.4. The van der Waals surface area contributed by atoms with Gasteiger partial charge in [-0.15, -0.1) is 0 Å². The lowest BCUT2D eigenvalue weighted by Gasteiger charge is -2.09. The average Bonchev–Trinajstić information content (AvgIpc) is 2.47. The van der Waals surface area contributed by atoms with Gasteiger partial charge in [0.25, 0.3) is 11.8 Å². The number of halogens is 1. The number of amides is 2. The van der Waals surface area contributed by atoms with E-state index in [0.717, 1.165) is 11.1 Å². The van der Waals surface area contributed by atoms with Gasteiger partial charge in [0.1, 0.15) is 5.82 Å². The summed E-state index contributed by atoms with van der Waals surface area (Å²) in [6.45, 7) is 3.83. The molecule has 0 atom stereocenters. The van der Waals surface area contributed by atoms with E-state index < -0.39 is 17.6 Å². The number of carbonyl (C=O) groups excluding carboxylic acids is 2. The van der Waals surface area contributed by atoms with Gasteiger partial charge in [-0.05, 0) is 49.2 Å². The summed E-state index contributed by atoms with van der Waals surface area (Å²) in [5.74, 6) is -1.80. The van der Waals surface area contributed by atoms with Gasteiger partial charge in [0.2, 0.25) is 0 Å². The van der Waals surface area contributed by atoms with Gasteiger partial charge in [-0.25, -0.2) is 4.39 Å². The summed E-state index contributed by atoms with van der Waals surface area (Å²) in [6.07, 6.45) is 0.